The summed E-state index contributed by atoms with van der Waals surface area (Å²) in [5, 5.41) is 2.90. The first-order valence-electron chi connectivity index (χ1n) is 6.84. The van der Waals surface area contributed by atoms with Crippen molar-refractivity contribution in [1.29, 1.82) is 0 Å². The number of likely N-dealkylation sites (tertiary alicyclic amines) is 1. The number of carbonyl (C=O) groups is 2. The normalized spacial score (nSPS) is 24.7. The minimum Gasteiger partial charge on any atom is -0.444 e. The number of carbonyl (C=O) groups excluding carboxylic acids is 2. The second-order valence-electron chi connectivity index (χ2n) is 7.25. The van der Waals surface area contributed by atoms with Crippen LogP contribution in [0.15, 0.2) is 0 Å². The predicted octanol–water partition coefficient (Wildman–Crippen LogP) is 1.77. The number of ether oxygens (including phenoxy) is 1. The van der Waals surface area contributed by atoms with Gasteiger partial charge in [0.2, 0.25) is 5.91 Å². The number of piperidine rings is 1. The van der Waals surface area contributed by atoms with Crippen LogP contribution in [-0.4, -0.2) is 42.1 Å². The van der Waals surface area contributed by atoms with Gasteiger partial charge in [0.1, 0.15) is 5.60 Å². The fraction of sp³-hybridized carbons (Fsp3) is 0.857. The molecule has 0 bridgehead atoms. The molecule has 5 nitrogen and oxygen atoms in total. The molecule has 2 aliphatic heterocycles. The van der Waals surface area contributed by atoms with Crippen LogP contribution in [0.25, 0.3) is 0 Å². The third-order valence-corrected chi connectivity index (χ3v) is 4.42. The van der Waals surface area contributed by atoms with Gasteiger partial charge in [-0.3, -0.25) is 4.79 Å². The summed E-state index contributed by atoms with van der Waals surface area (Å²) in [7, 11) is 0. The Labute approximate surface area is 114 Å². The van der Waals surface area contributed by atoms with E-state index in [-0.39, 0.29) is 17.4 Å². The molecule has 2 fully saturated rings. The predicted molar refractivity (Wildman–Crippen MR) is 71.6 cm³/mol. The molecule has 0 atom stereocenters. The number of hydrogen-bond acceptors (Lipinski definition) is 3. The number of amides is 2. The van der Waals surface area contributed by atoms with Crippen LogP contribution in [0.1, 0.15) is 41.0 Å². The SMILES string of the molecule is CC(C)(C)OC(=O)N1CC2(CCNC(=O)C2(C)C)C1. The summed E-state index contributed by atoms with van der Waals surface area (Å²) in [6.07, 6.45) is 0.644. The quantitative estimate of drug-likeness (QED) is 0.728. The van der Waals surface area contributed by atoms with Crippen LogP contribution in [0, 0.1) is 10.8 Å². The highest BCUT2D eigenvalue weighted by atomic mass is 16.6. The lowest BCUT2D eigenvalue weighted by Crippen LogP contribution is -2.70. The van der Waals surface area contributed by atoms with E-state index in [4.69, 9.17) is 4.74 Å². The molecular formula is C14H24N2O3. The highest BCUT2D eigenvalue weighted by molar-refractivity contribution is 5.84. The van der Waals surface area contributed by atoms with Gasteiger partial charge in [0.15, 0.2) is 0 Å². The zero-order chi connectivity index (χ0) is 14.5. The van der Waals surface area contributed by atoms with Gasteiger partial charge >= 0.3 is 6.09 Å². The van der Waals surface area contributed by atoms with Crippen molar-refractivity contribution < 1.29 is 14.3 Å². The summed E-state index contributed by atoms with van der Waals surface area (Å²) < 4.78 is 5.36. The van der Waals surface area contributed by atoms with Crippen molar-refractivity contribution in [1.82, 2.24) is 10.2 Å². The Morgan fingerprint density at radius 3 is 2.42 bits per heavy atom. The topological polar surface area (TPSA) is 58.6 Å². The molecule has 0 radical (unpaired) electrons. The van der Waals surface area contributed by atoms with Crippen LogP contribution in [0.5, 0.6) is 0 Å². The average Bonchev–Trinajstić information content (AvgIpc) is 2.16. The molecule has 2 amide bonds. The van der Waals surface area contributed by atoms with Crippen molar-refractivity contribution in [3.63, 3.8) is 0 Å². The van der Waals surface area contributed by atoms with Gasteiger partial charge in [-0.2, -0.15) is 0 Å². The average molecular weight is 268 g/mol. The summed E-state index contributed by atoms with van der Waals surface area (Å²) in [6, 6.07) is 0. The number of nitrogens with one attached hydrogen (secondary N) is 1. The first-order valence-corrected chi connectivity index (χ1v) is 6.84. The summed E-state index contributed by atoms with van der Waals surface area (Å²) in [5.74, 6) is 0.0857. The van der Waals surface area contributed by atoms with E-state index in [1.165, 1.54) is 0 Å². The molecule has 5 heteroatoms. The first kappa shape index (κ1) is 14.2. The minimum absolute atomic E-state index is 0.0857. The Balaban J connectivity index is 2.02. The van der Waals surface area contributed by atoms with E-state index in [0.29, 0.717) is 19.6 Å². The standard InChI is InChI=1S/C14H24N2O3/c1-12(2,3)19-11(18)16-8-14(9-16)6-7-15-10(17)13(14,4)5/h6-9H2,1-5H3,(H,15,17). The van der Waals surface area contributed by atoms with E-state index >= 15 is 0 Å². The molecule has 2 heterocycles. The Morgan fingerprint density at radius 1 is 1.32 bits per heavy atom. The van der Waals surface area contributed by atoms with Gasteiger partial charge in [0.25, 0.3) is 0 Å². The van der Waals surface area contributed by atoms with Gasteiger partial charge in [0, 0.05) is 25.0 Å². The maximum absolute atomic E-state index is 12.0. The Hall–Kier alpha value is -1.26. The van der Waals surface area contributed by atoms with E-state index in [1.54, 1.807) is 4.90 Å². The molecule has 1 spiro atoms. The zero-order valence-electron chi connectivity index (χ0n) is 12.5. The highest BCUT2D eigenvalue weighted by Crippen LogP contribution is 2.50. The molecule has 108 valence electrons. The molecule has 1 N–H and O–H groups in total. The van der Waals surface area contributed by atoms with E-state index in [0.717, 1.165) is 6.42 Å². The van der Waals surface area contributed by atoms with E-state index in [2.05, 4.69) is 5.32 Å². The highest BCUT2D eigenvalue weighted by Gasteiger charge is 2.59. The molecule has 0 aliphatic carbocycles. The molecule has 19 heavy (non-hydrogen) atoms. The number of hydrogen-bond donors (Lipinski definition) is 1. The van der Waals surface area contributed by atoms with Crippen molar-refractivity contribution in [2.24, 2.45) is 10.8 Å². The first-order chi connectivity index (χ1) is 8.57. The van der Waals surface area contributed by atoms with Gasteiger partial charge in [0.05, 0.1) is 5.41 Å². The van der Waals surface area contributed by atoms with Crippen LogP contribution >= 0.6 is 0 Å². The molecular weight excluding hydrogens is 244 g/mol. The minimum atomic E-state index is -0.473. The maximum Gasteiger partial charge on any atom is 0.410 e. The third kappa shape index (κ3) is 2.30. The van der Waals surface area contributed by atoms with Crippen LogP contribution < -0.4 is 5.32 Å². The molecule has 0 aromatic carbocycles. The summed E-state index contributed by atoms with van der Waals surface area (Å²) in [5.41, 5.74) is -0.991. The van der Waals surface area contributed by atoms with Crippen molar-refractivity contribution in [3.8, 4) is 0 Å². The largest absolute Gasteiger partial charge is 0.444 e. The van der Waals surface area contributed by atoms with Gasteiger partial charge in [-0.25, -0.2) is 4.79 Å². The number of nitrogens with zero attached hydrogens (tertiary/aromatic N) is 1. The lowest BCUT2D eigenvalue weighted by Gasteiger charge is -2.59. The van der Waals surface area contributed by atoms with Crippen molar-refractivity contribution in [3.05, 3.63) is 0 Å². The van der Waals surface area contributed by atoms with Crippen LogP contribution in [-0.2, 0) is 9.53 Å². The van der Waals surface area contributed by atoms with E-state index < -0.39 is 11.0 Å². The molecule has 0 unspecified atom stereocenters. The van der Waals surface area contributed by atoms with Gasteiger partial charge in [-0.15, -0.1) is 0 Å². The summed E-state index contributed by atoms with van der Waals surface area (Å²) in [6.45, 7) is 11.4. The Kier molecular flexibility index (Phi) is 3.07. The summed E-state index contributed by atoms with van der Waals surface area (Å²) >= 11 is 0. The van der Waals surface area contributed by atoms with Crippen LogP contribution in [0.3, 0.4) is 0 Å². The smallest absolute Gasteiger partial charge is 0.410 e. The monoisotopic (exact) mass is 268 g/mol. The van der Waals surface area contributed by atoms with Gasteiger partial charge in [-0.05, 0) is 27.2 Å². The Bertz CT molecular complexity index is 403. The second-order valence-corrected chi connectivity index (χ2v) is 7.25. The van der Waals surface area contributed by atoms with Crippen LogP contribution in [0.2, 0.25) is 0 Å². The molecule has 0 aromatic rings. The van der Waals surface area contributed by atoms with Crippen molar-refractivity contribution >= 4 is 12.0 Å². The molecule has 0 aromatic heterocycles. The lowest BCUT2D eigenvalue weighted by molar-refractivity contribution is -0.157. The molecule has 2 saturated heterocycles. The number of rotatable bonds is 0. The summed E-state index contributed by atoms with van der Waals surface area (Å²) in [4.78, 5) is 25.6. The van der Waals surface area contributed by atoms with Gasteiger partial charge < -0.3 is 15.0 Å². The maximum atomic E-state index is 12.0. The van der Waals surface area contributed by atoms with E-state index in [1.807, 2.05) is 34.6 Å². The molecule has 2 aliphatic rings. The second kappa shape index (κ2) is 4.12. The van der Waals surface area contributed by atoms with Crippen molar-refractivity contribution in [2.45, 2.75) is 46.6 Å². The Morgan fingerprint density at radius 2 is 1.89 bits per heavy atom. The zero-order valence-corrected chi connectivity index (χ0v) is 12.5. The van der Waals surface area contributed by atoms with Crippen molar-refractivity contribution in [2.75, 3.05) is 19.6 Å². The third-order valence-electron chi connectivity index (χ3n) is 4.42. The molecule has 2 rings (SSSR count). The van der Waals surface area contributed by atoms with Gasteiger partial charge in [-0.1, -0.05) is 13.8 Å². The molecule has 0 saturated carbocycles. The fourth-order valence-electron chi connectivity index (χ4n) is 2.88. The fourth-order valence-corrected chi connectivity index (χ4v) is 2.88. The van der Waals surface area contributed by atoms with E-state index in [9.17, 15) is 9.59 Å². The van der Waals surface area contributed by atoms with Crippen LogP contribution in [0.4, 0.5) is 4.79 Å². The lowest BCUT2D eigenvalue weighted by atomic mass is 9.57.